The van der Waals surface area contributed by atoms with Crippen molar-refractivity contribution in [2.75, 3.05) is 26.7 Å². The van der Waals surface area contributed by atoms with Gasteiger partial charge in [-0.25, -0.2) is 4.79 Å². The lowest BCUT2D eigenvalue weighted by atomic mass is 10.1. The van der Waals surface area contributed by atoms with Crippen LogP contribution in [0.1, 0.15) is 19.4 Å². The zero-order valence-corrected chi connectivity index (χ0v) is 17.0. The van der Waals surface area contributed by atoms with Crippen LogP contribution in [0.5, 0.6) is 0 Å². The molecule has 0 radical (unpaired) electrons. The van der Waals surface area contributed by atoms with Gasteiger partial charge in [0.1, 0.15) is 6.17 Å². The summed E-state index contributed by atoms with van der Waals surface area (Å²) in [5.41, 5.74) is 1.16. The van der Waals surface area contributed by atoms with E-state index in [0.717, 1.165) is 12.0 Å². The molecular formula is C20H29N5O4. The quantitative estimate of drug-likeness (QED) is 0.571. The maximum atomic E-state index is 12.5. The molecule has 2 fully saturated rings. The molecule has 2 saturated heterocycles. The Morgan fingerprint density at radius 1 is 1.24 bits per heavy atom. The SMILES string of the molecule is CC(C)OCC(O)CN1C(=NCCc2ccccc2)NC2C1C(=O)NC(=O)N2C. The first-order valence-electron chi connectivity index (χ1n) is 9.85. The van der Waals surface area contributed by atoms with Gasteiger partial charge in [0.25, 0.3) is 5.91 Å². The van der Waals surface area contributed by atoms with Crippen LogP contribution in [0.2, 0.25) is 0 Å². The van der Waals surface area contributed by atoms with Gasteiger partial charge in [-0.1, -0.05) is 30.3 Å². The number of nitrogens with one attached hydrogen (secondary N) is 2. The fraction of sp³-hybridized carbons (Fsp3) is 0.550. The third kappa shape index (κ3) is 5.04. The number of likely N-dealkylation sites (N-methyl/N-ethyl adjacent to an activating group) is 1. The minimum absolute atomic E-state index is 0.00477. The molecule has 9 heteroatoms. The number of nitrogens with zero attached hydrogens (tertiary/aromatic N) is 3. The second kappa shape index (κ2) is 9.23. The molecule has 0 saturated carbocycles. The number of amides is 3. The highest BCUT2D eigenvalue weighted by molar-refractivity contribution is 6.04. The van der Waals surface area contributed by atoms with E-state index in [9.17, 15) is 14.7 Å². The number of carbonyl (C=O) groups excluding carboxylic acids is 2. The fourth-order valence-electron chi connectivity index (χ4n) is 3.44. The van der Waals surface area contributed by atoms with Crippen molar-refractivity contribution >= 4 is 17.9 Å². The van der Waals surface area contributed by atoms with Gasteiger partial charge >= 0.3 is 6.03 Å². The molecule has 2 aliphatic rings. The lowest BCUT2D eigenvalue weighted by Crippen LogP contribution is -2.65. The molecular weight excluding hydrogens is 374 g/mol. The molecule has 0 spiro atoms. The average Bonchev–Trinajstić information content (AvgIpc) is 3.04. The molecule has 3 unspecified atom stereocenters. The van der Waals surface area contributed by atoms with E-state index in [4.69, 9.17) is 4.74 Å². The van der Waals surface area contributed by atoms with Crippen molar-refractivity contribution in [1.82, 2.24) is 20.4 Å². The van der Waals surface area contributed by atoms with Crippen molar-refractivity contribution < 1.29 is 19.4 Å². The second-order valence-electron chi connectivity index (χ2n) is 7.57. The maximum Gasteiger partial charge on any atom is 0.325 e. The van der Waals surface area contributed by atoms with Crippen molar-refractivity contribution in [3.8, 4) is 0 Å². The lowest BCUT2D eigenvalue weighted by molar-refractivity contribution is -0.127. The molecule has 3 amide bonds. The third-order valence-corrected chi connectivity index (χ3v) is 4.95. The van der Waals surface area contributed by atoms with Crippen molar-refractivity contribution in [2.45, 2.75) is 44.7 Å². The Bertz CT molecular complexity index is 754. The molecule has 9 nitrogen and oxygen atoms in total. The summed E-state index contributed by atoms with van der Waals surface area (Å²) < 4.78 is 5.49. The number of aliphatic hydroxyl groups is 1. The summed E-state index contributed by atoms with van der Waals surface area (Å²) in [6, 6.07) is 8.87. The molecule has 3 atom stereocenters. The molecule has 0 aromatic heterocycles. The maximum absolute atomic E-state index is 12.5. The number of hydrogen-bond donors (Lipinski definition) is 3. The molecule has 3 N–H and O–H groups in total. The summed E-state index contributed by atoms with van der Waals surface area (Å²) in [6.07, 6.45) is -0.595. The van der Waals surface area contributed by atoms with E-state index >= 15 is 0 Å². The largest absolute Gasteiger partial charge is 0.389 e. The van der Waals surface area contributed by atoms with Crippen LogP contribution in [-0.4, -0.2) is 84.0 Å². The number of β-amino-alcohol motifs (C(OH)–C–C–N with tert-alkyl or cyclic N) is 1. The normalized spacial score (nSPS) is 24.0. The van der Waals surface area contributed by atoms with E-state index in [2.05, 4.69) is 15.6 Å². The highest BCUT2D eigenvalue weighted by atomic mass is 16.5. The number of imide groups is 1. The highest BCUT2D eigenvalue weighted by Crippen LogP contribution is 2.21. The monoisotopic (exact) mass is 403 g/mol. The van der Waals surface area contributed by atoms with Crippen molar-refractivity contribution in [3.05, 3.63) is 35.9 Å². The number of rotatable bonds is 8. The van der Waals surface area contributed by atoms with Crippen molar-refractivity contribution in [2.24, 2.45) is 4.99 Å². The van der Waals surface area contributed by atoms with Crippen LogP contribution in [0.3, 0.4) is 0 Å². The molecule has 158 valence electrons. The minimum atomic E-state index is -0.798. The first-order valence-corrected chi connectivity index (χ1v) is 9.85. The Labute approximate surface area is 170 Å². The zero-order valence-electron chi connectivity index (χ0n) is 17.0. The molecule has 1 aromatic rings. The number of aliphatic hydroxyl groups excluding tert-OH is 1. The summed E-state index contributed by atoms with van der Waals surface area (Å²) in [4.78, 5) is 32.3. The van der Waals surface area contributed by atoms with E-state index < -0.39 is 30.2 Å². The predicted octanol–water partition coefficient (Wildman–Crippen LogP) is 0.153. The number of hydrogen-bond acceptors (Lipinski definition) is 5. The van der Waals surface area contributed by atoms with Crippen LogP contribution in [0, 0.1) is 0 Å². The van der Waals surface area contributed by atoms with Gasteiger partial charge in [0.15, 0.2) is 12.0 Å². The second-order valence-corrected chi connectivity index (χ2v) is 7.57. The van der Waals surface area contributed by atoms with Gasteiger partial charge in [-0.2, -0.15) is 0 Å². The van der Waals surface area contributed by atoms with Gasteiger partial charge in [0.2, 0.25) is 0 Å². The van der Waals surface area contributed by atoms with E-state index in [1.807, 2.05) is 44.2 Å². The molecule has 29 heavy (non-hydrogen) atoms. The number of guanidine groups is 1. The number of benzene rings is 1. The van der Waals surface area contributed by atoms with E-state index in [1.54, 1.807) is 11.9 Å². The Morgan fingerprint density at radius 2 is 1.97 bits per heavy atom. The van der Waals surface area contributed by atoms with E-state index in [0.29, 0.717) is 12.5 Å². The summed E-state index contributed by atoms with van der Waals surface area (Å²) in [7, 11) is 1.62. The van der Waals surface area contributed by atoms with Crippen LogP contribution in [0.4, 0.5) is 4.79 Å². The lowest BCUT2D eigenvalue weighted by Gasteiger charge is -2.35. The highest BCUT2D eigenvalue weighted by Gasteiger charge is 2.50. The standard InChI is InChI=1S/C20H29N5O4/c1-13(2)29-12-15(26)11-25-16-17(24(3)20(28)23-18(16)27)22-19(25)21-10-9-14-7-5-4-6-8-14/h4-8,13,15-17,26H,9-12H2,1-3H3,(H,21,22)(H,23,27,28). The molecule has 2 aliphatic heterocycles. The predicted molar refractivity (Wildman–Crippen MR) is 108 cm³/mol. The third-order valence-electron chi connectivity index (χ3n) is 4.95. The van der Waals surface area contributed by atoms with Crippen LogP contribution < -0.4 is 10.6 Å². The van der Waals surface area contributed by atoms with Gasteiger partial charge in [-0.3, -0.25) is 15.1 Å². The van der Waals surface area contributed by atoms with Crippen LogP contribution >= 0.6 is 0 Å². The summed E-state index contributed by atoms with van der Waals surface area (Å²) in [5.74, 6) is 0.0899. The molecule has 0 aliphatic carbocycles. The van der Waals surface area contributed by atoms with Crippen molar-refractivity contribution in [1.29, 1.82) is 0 Å². The number of fused-ring (bicyclic) bond motifs is 1. The number of ether oxygens (including phenoxy) is 1. The first kappa shape index (κ1) is 21.1. The first-order chi connectivity index (χ1) is 13.9. The Morgan fingerprint density at radius 3 is 2.66 bits per heavy atom. The number of carbonyl (C=O) groups is 2. The van der Waals surface area contributed by atoms with Crippen LogP contribution in [0.25, 0.3) is 0 Å². The topological polar surface area (TPSA) is 106 Å². The Kier molecular flexibility index (Phi) is 6.71. The fourth-order valence-corrected chi connectivity index (χ4v) is 3.44. The summed E-state index contributed by atoms with van der Waals surface area (Å²) >= 11 is 0. The number of aliphatic imine (C=N–C) groups is 1. The van der Waals surface area contributed by atoms with Gasteiger partial charge in [0.05, 0.1) is 18.8 Å². The van der Waals surface area contributed by atoms with Gasteiger partial charge in [-0.15, -0.1) is 0 Å². The number of urea groups is 1. The zero-order chi connectivity index (χ0) is 21.0. The van der Waals surface area contributed by atoms with Gasteiger partial charge in [0, 0.05) is 20.1 Å². The minimum Gasteiger partial charge on any atom is -0.389 e. The van der Waals surface area contributed by atoms with E-state index in [-0.39, 0.29) is 19.3 Å². The smallest absolute Gasteiger partial charge is 0.325 e. The van der Waals surface area contributed by atoms with Crippen LogP contribution in [0.15, 0.2) is 35.3 Å². The summed E-state index contributed by atoms with van der Waals surface area (Å²) in [6.45, 7) is 4.62. The Balaban J connectivity index is 1.75. The van der Waals surface area contributed by atoms with E-state index in [1.165, 1.54) is 4.90 Å². The van der Waals surface area contributed by atoms with Crippen LogP contribution in [-0.2, 0) is 16.0 Å². The average molecular weight is 403 g/mol. The van der Waals surface area contributed by atoms with Crippen molar-refractivity contribution in [3.63, 3.8) is 0 Å². The Hall–Kier alpha value is -2.65. The van der Waals surface area contributed by atoms with Gasteiger partial charge < -0.3 is 25.0 Å². The molecule has 2 heterocycles. The molecule has 3 rings (SSSR count). The summed E-state index contributed by atoms with van der Waals surface area (Å²) in [5, 5.41) is 15.9. The van der Waals surface area contributed by atoms with Gasteiger partial charge in [-0.05, 0) is 25.8 Å². The molecule has 0 bridgehead atoms. The molecule has 1 aromatic carbocycles.